The van der Waals surface area contributed by atoms with E-state index in [0.717, 1.165) is 11.4 Å². The Morgan fingerprint density at radius 2 is 2.06 bits per heavy atom. The Bertz CT molecular complexity index is 532. The lowest BCUT2D eigenvalue weighted by molar-refractivity contribution is 0.746. The van der Waals surface area contributed by atoms with Gasteiger partial charge in [-0.3, -0.25) is 0 Å². The first-order valence-electron chi connectivity index (χ1n) is 5.10. The second-order valence-corrected chi connectivity index (χ2v) is 4.76. The summed E-state index contributed by atoms with van der Waals surface area (Å²) in [5.74, 6) is 0.801. The van der Waals surface area contributed by atoms with Crippen molar-refractivity contribution in [3.8, 4) is 11.4 Å². The molecule has 0 saturated heterocycles. The van der Waals surface area contributed by atoms with Crippen LogP contribution in [0.25, 0.3) is 11.4 Å². The van der Waals surface area contributed by atoms with Crippen LogP contribution in [0, 0.1) is 0 Å². The van der Waals surface area contributed by atoms with Gasteiger partial charge in [0.25, 0.3) is 0 Å². The molecule has 1 aromatic carbocycles. The van der Waals surface area contributed by atoms with Gasteiger partial charge in [-0.25, -0.2) is 0 Å². The van der Waals surface area contributed by atoms with Crippen molar-refractivity contribution in [2.75, 3.05) is 0 Å². The minimum Gasteiger partial charge on any atom is -0.310 e. The standard InChI is InChI=1S/C11H9Cl2N3/c12-7-1-4-10(13)9(5-7)11-15-14-6-16(11)8-2-3-8/h1,4-6,8H,2-3H2. The minimum atomic E-state index is 0.528. The number of rotatable bonds is 2. The Balaban J connectivity index is 2.13. The van der Waals surface area contributed by atoms with E-state index in [9.17, 15) is 0 Å². The van der Waals surface area contributed by atoms with Gasteiger partial charge in [0.05, 0.1) is 5.02 Å². The zero-order valence-electron chi connectivity index (χ0n) is 8.40. The van der Waals surface area contributed by atoms with E-state index in [1.165, 1.54) is 12.8 Å². The Labute approximate surface area is 103 Å². The molecule has 1 saturated carbocycles. The Hall–Kier alpha value is -1.06. The molecule has 0 amide bonds. The van der Waals surface area contributed by atoms with Gasteiger partial charge in [-0.05, 0) is 31.0 Å². The Morgan fingerprint density at radius 3 is 2.81 bits per heavy atom. The average Bonchev–Trinajstić information content (AvgIpc) is 3.01. The van der Waals surface area contributed by atoms with Crippen molar-refractivity contribution in [2.45, 2.75) is 18.9 Å². The van der Waals surface area contributed by atoms with Crippen molar-refractivity contribution < 1.29 is 0 Å². The molecule has 1 aliphatic rings. The van der Waals surface area contributed by atoms with Crippen molar-refractivity contribution >= 4 is 23.2 Å². The third-order valence-electron chi connectivity index (χ3n) is 2.68. The van der Waals surface area contributed by atoms with Crippen LogP contribution in [0.5, 0.6) is 0 Å². The van der Waals surface area contributed by atoms with Crippen LogP contribution < -0.4 is 0 Å². The predicted molar refractivity (Wildman–Crippen MR) is 63.7 cm³/mol. The number of benzene rings is 1. The molecule has 1 fully saturated rings. The van der Waals surface area contributed by atoms with E-state index in [-0.39, 0.29) is 0 Å². The zero-order valence-corrected chi connectivity index (χ0v) is 9.91. The summed E-state index contributed by atoms with van der Waals surface area (Å²) >= 11 is 12.1. The monoisotopic (exact) mass is 253 g/mol. The summed E-state index contributed by atoms with van der Waals surface area (Å²) < 4.78 is 2.07. The van der Waals surface area contributed by atoms with Crippen LogP contribution in [0.3, 0.4) is 0 Å². The molecule has 5 heteroatoms. The lowest BCUT2D eigenvalue weighted by Gasteiger charge is -2.06. The number of aromatic nitrogens is 3. The Kier molecular flexibility index (Phi) is 2.37. The second-order valence-electron chi connectivity index (χ2n) is 3.92. The first-order valence-corrected chi connectivity index (χ1v) is 5.86. The normalized spacial score (nSPS) is 15.4. The SMILES string of the molecule is Clc1ccc(Cl)c(-c2nncn2C2CC2)c1. The smallest absolute Gasteiger partial charge is 0.165 e. The van der Waals surface area contributed by atoms with E-state index in [2.05, 4.69) is 14.8 Å². The summed E-state index contributed by atoms with van der Waals surface area (Å²) in [5.41, 5.74) is 0.846. The molecule has 3 nitrogen and oxygen atoms in total. The van der Waals surface area contributed by atoms with E-state index in [1.54, 1.807) is 18.5 Å². The van der Waals surface area contributed by atoms with E-state index < -0.39 is 0 Å². The average molecular weight is 254 g/mol. The van der Waals surface area contributed by atoms with Gasteiger partial charge in [0, 0.05) is 16.6 Å². The third-order valence-corrected chi connectivity index (χ3v) is 3.25. The van der Waals surface area contributed by atoms with Gasteiger partial charge < -0.3 is 4.57 Å². The number of hydrogen-bond acceptors (Lipinski definition) is 2. The summed E-state index contributed by atoms with van der Waals surface area (Å²) in [6.45, 7) is 0. The van der Waals surface area contributed by atoms with E-state index in [4.69, 9.17) is 23.2 Å². The largest absolute Gasteiger partial charge is 0.310 e. The first kappa shape index (κ1) is 10.1. The molecular formula is C11H9Cl2N3. The van der Waals surface area contributed by atoms with Crippen LogP contribution in [0.1, 0.15) is 18.9 Å². The number of halogens is 2. The van der Waals surface area contributed by atoms with Gasteiger partial charge in [-0.15, -0.1) is 10.2 Å². The molecule has 1 aromatic heterocycles. The second kappa shape index (κ2) is 3.75. The molecule has 82 valence electrons. The quantitative estimate of drug-likeness (QED) is 0.819. The van der Waals surface area contributed by atoms with Crippen molar-refractivity contribution in [3.63, 3.8) is 0 Å². The molecular weight excluding hydrogens is 245 g/mol. The predicted octanol–water partition coefficient (Wildman–Crippen LogP) is 3.59. The molecule has 16 heavy (non-hydrogen) atoms. The molecule has 2 aromatic rings. The highest BCUT2D eigenvalue weighted by Crippen LogP contribution is 2.39. The van der Waals surface area contributed by atoms with Crippen LogP contribution in [-0.4, -0.2) is 14.8 Å². The van der Waals surface area contributed by atoms with E-state index in [0.29, 0.717) is 16.1 Å². The van der Waals surface area contributed by atoms with Gasteiger partial charge >= 0.3 is 0 Å². The first-order chi connectivity index (χ1) is 7.75. The summed E-state index contributed by atoms with van der Waals surface area (Å²) in [6.07, 6.45) is 4.12. The lowest BCUT2D eigenvalue weighted by atomic mass is 10.2. The molecule has 0 radical (unpaired) electrons. The lowest BCUT2D eigenvalue weighted by Crippen LogP contribution is -1.96. The Morgan fingerprint density at radius 1 is 1.25 bits per heavy atom. The van der Waals surface area contributed by atoms with Crippen molar-refractivity contribution in [1.29, 1.82) is 0 Å². The highest BCUT2D eigenvalue weighted by atomic mass is 35.5. The minimum absolute atomic E-state index is 0.528. The van der Waals surface area contributed by atoms with Gasteiger partial charge in [-0.2, -0.15) is 0 Å². The number of nitrogens with zero attached hydrogens (tertiary/aromatic N) is 3. The van der Waals surface area contributed by atoms with Gasteiger partial charge in [0.15, 0.2) is 5.82 Å². The van der Waals surface area contributed by atoms with Crippen molar-refractivity contribution in [2.24, 2.45) is 0 Å². The van der Waals surface area contributed by atoms with Crippen molar-refractivity contribution in [3.05, 3.63) is 34.6 Å². The molecule has 0 N–H and O–H groups in total. The molecule has 0 bridgehead atoms. The van der Waals surface area contributed by atoms with Crippen LogP contribution in [0.15, 0.2) is 24.5 Å². The molecule has 3 rings (SSSR count). The number of hydrogen-bond donors (Lipinski definition) is 0. The van der Waals surface area contributed by atoms with Crippen LogP contribution in [0.2, 0.25) is 10.0 Å². The van der Waals surface area contributed by atoms with Gasteiger partial charge in [-0.1, -0.05) is 23.2 Å². The maximum atomic E-state index is 6.14. The highest BCUT2D eigenvalue weighted by molar-refractivity contribution is 6.35. The molecule has 1 aliphatic carbocycles. The zero-order chi connectivity index (χ0) is 11.1. The summed E-state index contributed by atoms with van der Waals surface area (Å²) in [5, 5.41) is 9.37. The fourth-order valence-electron chi connectivity index (χ4n) is 1.72. The molecule has 0 unspecified atom stereocenters. The van der Waals surface area contributed by atoms with Crippen LogP contribution in [-0.2, 0) is 0 Å². The molecule has 1 heterocycles. The maximum Gasteiger partial charge on any atom is 0.165 e. The maximum absolute atomic E-state index is 6.14. The van der Waals surface area contributed by atoms with Gasteiger partial charge in [0.1, 0.15) is 6.33 Å². The van der Waals surface area contributed by atoms with Crippen LogP contribution in [0.4, 0.5) is 0 Å². The fraction of sp³-hybridized carbons (Fsp3) is 0.273. The summed E-state index contributed by atoms with van der Waals surface area (Å²) in [6, 6.07) is 5.91. The molecule has 0 aliphatic heterocycles. The van der Waals surface area contributed by atoms with Gasteiger partial charge in [0.2, 0.25) is 0 Å². The third kappa shape index (κ3) is 1.70. The van der Waals surface area contributed by atoms with Crippen LogP contribution >= 0.6 is 23.2 Å². The summed E-state index contributed by atoms with van der Waals surface area (Å²) in [7, 11) is 0. The molecule has 0 spiro atoms. The highest BCUT2D eigenvalue weighted by Gasteiger charge is 2.27. The van der Waals surface area contributed by atoms with E-state index in [1.807, 2.05) is 6.07 Å². The molecule has 0 atom stereocenters. The van der Waals surface area contributed by atoms with Crippen molar-refractivity contribution in [1.82, 2.24) is 14.8 Å². The van der Waals surface area contributed by atoms with E-state index >= 15 is 0 Å². The topological polar surface area (TPSA) is 30.7 Å². The summed E-state index contributed by atoms with van der Waals surface area (Å²) in [4.78, 5) is 0. The fourth-order valence-corrected chi connectivity index (χ4v) is 2.10.